The molecular formula is C15H23ClO. The zero-order valence-corrected chi connectivity index (χ0v) is 11.9. The first-order chi connectivity index (χ1) is 7.97. The van der Waals surface area contributed by atoms with E-state index in [4.69, 9.17) is 11.6 Å². The molecule has 0 saturated heterocycles. The summed E-state index contributed by atoms with van der Waals surface area (Å²) in [5.74, 6) is 0. The largest absolute Gasteiger partial charge is 0.299 e. The monoisotopic (exact) mass is 254 g/mol. The Labute approximate surface area is 110 Å². The number of hydrogen-bond donors (Lipinski definition) is 0. The highest BCUT2D eigenvalue weighted by molar-refractivity contribution is 6.22. The Bertz CT molecular complexity index is 313. The third-order valence-corrected chi connectivity index (χ3v) is 3.30. The van der Waals surface area contributed by atoms with E-state index >= 15 is 0 Å². The molecule has 1 nitrogen and oxygen atoms in total. The van der Waals surface area contributed by atoms with Gasteiger partial charge in [0.2, 0.25) is 0 Å². The van der Waals surface area contributed by atoms with Crippen LogP contribution in [0.3, 0.4) is 0 Å². The summed E-state index contributed by atoms with van der Waals surface area (Å²) < 4.78 is 0. The number of rotatable bonds is 8. The van der Waals surface area contributed by atoms with Crippen molar-refractivity contribution in [3.8, 4) is 0 Å². The van der Waals surface area contributed by atoms with Gasteiger partial charge in [-0.1, -0.05) is 29.4 Å². The second kappa shape index (κ2) is 9.23. The van der Waals surface area contributed by atoms with Crippen molar-refractivity contribution in [2.45, 2.75) is 51.8 Å². The molecule has 1 unspecified atom stereocenters. The molecule has 0 N–H and O–H groups in total. The highest BCUT2D eigenvalue weighted by Crippen LogP contribution is 2.17. The van der Waals surface area contributed by atoms with Crippen molar-refractivity contribution in [1.29, 1.82) is 0 Å². The molecule has 0 bridgehead atoms. The molecule has 0 aromatic carbocycles. The summed E-state index contributed by atoms with van der Waals surface area (Å²) in [6.45, 7) is 9.91. The van der Waals surface area contributed by atoms with Crippen molar-refractivity contribution in [2.24, 2.45) is 0 Å². The van der Waals surface area contributed by atoms with Gasteiger partial charge < -0.3 is 0 Å². The van der Waals surface area contributed by atoms with Crippen LogP contribution in [0.15, 0.2) is 35.5 Å². The van der Waals surface area contributed by atoms with Gasteiger partial charge in [0.05, 0.1) is 5.38 Å². The van der Waals surface area contributed by atoms with Crippen molar-refractivity contribution in [3.05, 3.63) is 35.5 Å². The lowest BCUT2D eigenvalue weighted by molar-refractivity contribution is -0.104. The standard InChI is InChI=1S/C15H23ClO/c1-12(2)15(16)9-8-13(3)6-5-7-14(4)10-11-17/h6,10-11,15H,1,5,7-9H2,2-4H3/b13-6+,14-10+. The van der Waals surface area contributed by atoms with Gasteiger partial charge in [-0.15, -0.1) is 11.6 Å². The van der Waals surface area contributed by atoms with Gasteiger partial charge in [0.25, 0.3) is 0 Å². The maximum Gasteiger partial charge on any atom is 0.142 e. The molecule has 0 heterocycles. The molecule has 0 radical (unpaired) electrons. The SMILES string of the molecule is C=C(C)C(Cl)CC/C(C)=C/CC/C(C)=C/C=O. The first-order valence-corrected chi connectivity index (χ1v) is 6.47. The third-order valence-electron chi connectivity index (χ3n) is 2.71. The van der Waals surface area contributed by atoms with E-state index < -0.39 is 0 Å². The second-order valence-corrected chi connectivity index (χ2v) is 5.12. The highest BCUT2D eigenvalue weighted by atomic mass is 35.5. The topological polar surface area (TPSA) is 17.1 Å². The van der Waals surface area contributed by atoms with E-state index in [-0.39, 0.29) is 5.38 Å². The molecule has 0 saturated carbocycles. The predicted molar refractivity (Wildman–Crippen MR) is 76.5 cm³/mol. The molecule has 17 heavy (non-hydrogen) atoms. The molecule has 0 aliphatic heterocycles. The minimum absolute atomic E-state index is 0.0787. The van der Waals surface area contributed by atoms with Crippen LogP contribution >= 0.6 is 11.6 Å². The van der Waals surface area contributed by atoms with E-state index in [9.17, 15) is 4.79 Å². The molecule has 0 rings (SSSR count). The van der Waals surface area contributed by atoms with Gasteiger partial charge in [-0.3, -0.25) is 4.79 Å². The molecular weight excluding hydrogens is 232 g/mol. The molecule has 0 aromatic rings. The van der Waals surface area contributed by atoms with Gasteiger partial charge in [0.1, 0.15) is 6.29 Å². The molecule has 2 heteroatoms. The van der Waals surface area contributed by atoms with Crippen LogP contribution < -0.4 is 0 Å². The zero-order valence-electron chi connectivity index (χ0n) is 11.1. The fourth-order valence-electron chi connectivity index (χ4n) is 1.45. The first kappa shape index (κ1) is 16.2. The molecule has 0 fully saturated rings. The lowest BCUT2D eigenvalue weighted by Crippen LogP contribution is -1.99. The Hall–Kier alpha value is -0.820. The van der Waals surface area contributed by atoms with Crippen LogP contribution in [0.5, 0.6) is 0 Å². The Morgan fingerprint density at radius 3 is 2.41 bits per heavy atom. The molecule has 0 amide bonds. The summed E-state index contributed by atoms with van der Waals surface area (Å²) in [6.07, 6.45) is 8.59. The maximum absolute atomic E-state index is 10.2. The molecule has 0 aromatic heterocycles. The van der Waals surface area contributed by atoms with Crippen molar-refractivity contribution < 1.29 is 4.79 Å². The van der Waals surface area contributed by atoms with Gasteiger partial charge in [0.15, 0.2) is 0 Å². The van der Waals surface area contributed by atoms with Crippen LogP contribution in [0.4, 0.5) is 0 Å². The van der Waals surface area contributed by atoms with Gasteiger partial charge in [-0.2, -0.15) is 0 Å². The van der Waals surface area contributed by atoms with Gasteiger partial charge in [-0.05, 0) is 52.5 Å². The average Bonchev–Trinajstić information content (AvgIpc) is 2.26. The van der Waals surface area contributed by atoms with Crippen LogP contribution in [-0.4, -0.2) is 11.7 Å². The number of carbonyl (C=O) groups excluding carboxylic acids is 1. The van der Waals surface area contributed by atoms with E-state index in [2.05, 4.69) is 19.6 Å². The van der Waals surface area contributed by atoms with E-state index in [0.717, 1.165) is 43.1 Å². The smallest absolute Gasteiger partial charge is 0.142 e. The van der Waals surface area contributed by atoms with Crippen molar-refractivity contribution in [2.75, 3.05) is 0 Å². The number of hydrogen-bond acceptors (Lipinski definition) is 1. The minimum atomic E-state index is 0.0787. The Kier molecular flexibility index (Phi) is 8.79. The molecule has 0 aliphatic carbocycles. The number of allylic oxidation sites excluding steroid dienone is 5. The first-order valence-electron chi connectivity index (χ1n) is 6.03. The van der Waals surface area contributed by atoms with Crippen molar-refractivity contribution in [1.82, 2.24) is 0 Å². The van der Waals surface area contributed by atoms with Crippen LogP contribution in [0.2, 0.25) is 0 Å². The summed E-state index contributed by atoms with van der Waals surface area (Å²) in [4.78, 5) is 10.2. The van der Waals surface area contributed by atoms with E-state index in [1.54, 1.807) is 6.08 Å². The molecule has 0 spiro atoms. The Balaban J connectivity index is 3.90. The van der Waals surface area contributed by atoms with E-state index in [1.807, 2.05) is 13.8 Å². The summed E-state index contributed by atoms with van der Waals surface area (Å²) in [5, 5.41) is 0.0787. The van der Waals surface area contributed by atoms with Gasteiger partial charge in [-0.25, -0.2) is 0 Å². The highest BCUT2D eigenvalue weighted by Gasteiger charge is 2.04. The van der Waals surface area contributed by atoms with E-state index in [0.29, 0.717) is 0 Å². The van der Waals surface area contributed by atoms with Gasteiger partial charge in [0, 0.05) is 0 Å². The van der Waals surface area contributed by atoms with Crippen LogP contribution in [0.1, 0.15) is 46.5 Å². The summed E-state index contributed by atoms with van der Waals surface area (Å²) in [7, 11) is 0. The number of aldehydes is 1. The summed E-state index contributed by atoms with van der Waals surface area (Å²) in [5.41, 5.74) is 3.52. The number of halogens is 1. The fourth-order valence-corrected chi connectivity index (χ4v) is 1.56. The third kappa shape index (κ3) is 8.93. The maximum atomic E-state index is 10.2. The lowest BCUT2D eigenvalue weighted by Gasteiger charge is -2.08. The predicted octanol–water partition coefficient (Wildman–Crippen LogP) is 4.82. The van der Waals surface area contributed by atoms with Crippen LogP contribution in [0, 0.1) is 0 Å². The van der Waals surface area contributed by atoms with Crippen molar-refractivity contribution in [3.63, 3.8) is 0 Å². The van der Waals surface area contributed by atoms with Gasteiger partial charge >= 0.3 is 0 Å². The normalized spacial score (nSPS) is 14.6. The summed E-state index contributed by atoms with van der Waals surface area (Å²) >= 11 is 6.11. The second-order valence-electron chi connectivity index (χ2n) is 4.59. The number of alkyl halides is 1. The molecule has 0 aliphatic rings. The lowest BCUT2D eigenvalue weighted by atomic mass is 10.0. The van der Waals surface area contributed by atoms with Crippen molar-refractivity contribution >= 4 is 17.9 Å². The van der Waals surface area contributed by atoms with Crippen LogP contribution in [-0.2, 0) is 4.79 Å². The quantitative estimate of drug-likeness (QED) is 0.263. The van der Waals surface area contributed by atoms with Crippen LogP contribution in [0.25, 0.3) is 0 Å². The summed E-state index contributed by atoms with van der Waals surface area (Å²) in [6, 6.07) is 0. The number of carbonyl (C=O) groups is 1. The zero-order chi connectivity index (χ0) is 13.3. The fraction of sp³-hybridized carbons (Fsp3) is 0.533. The average molecular weight is 255 g/mol. The Morgan fingerprint density at radius 2 is 1.88 bits per heavy atom. The minimum Gasteiger partial charge on any atom is -0.299 e. The molecule has 96 valence electrons. The Morgan fingerprint density at radius 1 is 1.24 bits per heavy atom. The van der Waals surface area contributed by atoms with E-state index in [1.165, 1.54) is 5.57 Å². The molecule has 1 atom stereocenters.